The van der Waals surface area contributed by atoms with Crippen LogP contribution >= 0.6 is 11.6 Å². The topological polar surface area (TPSA) is 79.7 Å². The molecular weight excluding hydrogens is 521 g/mol. The van der Waals surface area contributed by atoms with E-state index in [1.165, 1.54) is 23.9 Å². The van der Waals surface area contributed by atoms with E-state index in [9.17, 15) is 9.59 Å². The number of aromatic nitrogens is 2. The summed E-state index contributed by atoms with van der Waals surface area (Å²) in [4.78, 5) is 29.8. The van der Waals surface area contributed by atoms with E-state index in [4.69, 9.17) is 16.3 Å². The number of carbonyl (C=O) groups excluding carboxylic acids is 1. The van der Waals surface area contributed by atoms with Gasteiger partial charge >= 0.3 is 0 Å². The summed E-state index contributed by atoms with van der Waals surface area (Å²) in [6, 6.07) is 8.29. The third kappa shape index (κ3) is 6.04. The van der Waals surface area contributed by atoms with Crippen molar-refractivity contribution in [2.45, 2.75) is 31.2 Å². The van der Waals surface area contributed by atoms with E-state index in [0.29, 0.717) is 61.8 Å². The Labute approximate surface area is 233 Å². The van der Waals surface area contributed by atoms with Crippen molar-refractivity contribution in [3.63, 3.8) is 0 Å². The third-order valence-corrected chi connectivity index (χ3v) is 8.44. The van der Waals surface area contributed by atoms with Crippen LogP contribution in [-0.2, 0) is 11.8 Å². The first-order valence-corrected chi connectivity index (χ1v) is 13.9. The average Bonchev–Trinajstić information content (AvgIpc) is 3.35. The number of nitrogens with zero attached hydrogens (tertiary/aromatic N) is 4. The lowest BCUT2D eigenvalue weighted by Crippen LogP contribution is -2.48. The van der Waals surface area contributed by atoms with Crippen molar-refractivity contribution < 1.29 is 13.9 Å². The fourth-order valence-corrected chi connectivity index (χ4v) is 6.14. The van der Waals surface area contributed by atoms with E-state index >= 15 is 4.39 Å². The van der Waals surface area contributed by atoms with Crippen LogP contribution in [0.4, 0.5) is 10.2 Å². The minimum Gasteiger partial charge on any atom is -0.497 e. The molecule has 8 nitrogen and oxygen atoms in total. The second kappa shape index (κ2) is 11.9. The highest BCUT2D eigenvalue weighted by molar-refractivity contribution is 6.31. The lowest BCUT2D eigenvalue weighted by Gasteiger charge is -2.34. The van der Waals surface area contributed by atoms with E-state index in [1.807, 2.05) is 15.9 Å². The number of hydrogen-bond acceptors (Lipinski definition) is 6. The van der Waals surface area contributed by atoms with Gasteiger partial charge in [-0.3, -0.25) is 9.59 Å². The molecule has 3 heterocycles. The Kier molecular flexibility index (Phi) is 8.37. The Bertz CT molecular complexity index is 1320. The van der Waals surface area contributed by atoms with E-state index in [2.05, 4.69) is 22.6 Å². The standard InChI is InChI=1S/C29H35ClFN5O3/c1-34-28(37)12-11-27(33-34)36-17-23(22-10-9-21(39-2)16-25(22)31)24(18-36)29(38)35-14-3-4-26(32-13-15-35)19-5-7-20(30)8-6-19/h5,7-12,16,19,23-24,26,32H,3-4,6,13-15,17-18H2,1-2H3/t19?,23-,24+,26-/m0/s1. The SMILES string of the molecule is COc1ccc([C@@H]2CN(c3ccc(=O)n(C)n3)C[C@H]2C(=O)N2CCC[C@@H](C3C=CC(Cl)=CC3)NCC2)c(F)c1. The predicted molar refractivity (Wildman–Crippen MR) is 150 cm³/mol. The van der Waals surface area contributed by atoms with E-state index < -0.39 is 5.92 Å². The van der Waals surface area contributed by atoms with Gasteiger partial charge in [-0.15, -0.1) is 0 Å². The molecule has 1 amide bonds. The molecule has 2 saturated heterocycles. The van der Waals surface area contributed by atoms with Gasteiger partial charge in [0.25, 0.3) is 5.56 Å². The maximum absolute atomic E-state index is 15.3. The number of hydrogen-bond donors (Lipinski definition) is 1. The Morgan fingerprint density at radius 3 is 2.77 bits per heavy atom. The summed E-state index contributed by atoms with van der Waals surface area (Å²) in [6.45, 7) is 2.76. The molecule has 0 radical (unpaired) electrons. The largest absolute Gasteiger partial charge is 0.497 e. The van der Waals surface area contributed by atoms with E-state index in [-0.39, 0.29) is 23.2 Å². The molecule has 208 valence electrons. The number of ether oxygens (including phenoxy) is 1. The third-order valence-electron chi connectivity index (χ3n) is 8.16. The molecule has 0 spiro atoms. The van der Waals surface area contributed by atoms with Gasteiger partial charge in [-0.05, 0) is 49.0 Å². The summed E-state index contributed by atoms with van der Waals surface area (Å²) in [5.74, 6) is 0.249. The number of halogens is 2. The van der Waals surface area contributed by atoms with Gasteiger partial charge in [0.15, 0.2) is 0 Å². The fraction of sp³-hybridized carbons (Fsp3) is 0.483. The van der Waals surface area contributed by atoms with Gasteiger partial charge in [0.2, 0.25) is 5.91 Å². The molecule has 0 bridgehead atoms. The molecule has 39 heavy (non-hydrogen) atoms. The van der Waals surface area contributed by atoms with Gasteiger partial charge in [0, 0.05) is 68.9 Å². The molecule has 0 saturated carbocycles. The number of benzene rings is 1. The maximum atomic E-state index is 15.3. The summed E-state index contributed by atoms with van der Waals surface area (Å²) in [5, 5.41) is 8.82. The van der Waals surface area contributed by atoms with Crippen LogP contribution in [0, 0.1) is 17.7 Å². The lowest BCUT2D eigenvalue weighted by atomic mass is 9.87. The Morgan fingerprint density at radius 2 is 2.05 bits per heavy atom. The summed E-state index contributed by atoms with van der Waals surface area (Å²) < 4.78 is 21.7. The zero-order valence-corrected chi connectivity index (χ0v) is 23.1. The summed E-state index contributed by atoms with van der Waals surface area (Å²) in [7, 11) is 3.10. The number of aryl methyl sites for hydroxylation is 1. The first-order valence-electron chi connectivity index (χ1n) is 13.5. The van der Waals surface area contributed by atoms with Gasteiger partial charge in [-0.2, -0.15) is 5.10 Å². The number of carbonyl (C=O) groups is 1. The highest BCUT2D eigenvalue weighted by atomic mass is 35.5. The Morgan fingerprint density at radius 1 is 1.21 bits per heavy atom. The Hall–Kier alpha value is -3.17. The average molecular weight is 556 g/mol. The quantitative estimate of drug-likeness (QED) is 0.609. The van der Waals surface area contributed by atoms with Crippen molar-refractivity contribution in [1.82, 2.24) is 20.0 Å². The van der Waals surface area contributed by atoms with Crippen LogP contribution in [0.5, 0.6) is 5.75 Å². The van der Waals surface area contributed by atoms with Crippen molar-refractivity contribution in [2.24, 2.45) is 18.9 Å². The molecule has 2 aliphatic heterocycles. The molecule has 5 rings (SSSR count). The highest BCUT2D eigenvalue weighted by Crippen LogP contribution is 2.38. The summed E-state index contributed by atoms with van der Waals surface area (Å²) in [6.07, 6.45) is 8.97. The second-order valence-electron chi connectivity index (χ2n) is 10.5. The minimum atomic E-state index is -0.448. The van der Waals surface area contributed by atoms with Crippen molar-refractivity contribution in [3.8, 4) is 5.75 Å². The lowest BCUT2D eigenvalue weighted by molar-refractivity contribution is -0.135. The zero-order valence-electron chi connectivity index (χ0n) is 22.4. The molecule has 3 aliphatic rings. The fourth-order valence-electron chi connectivity index (χ4n) is 5.98. The summed E-state index contributed by atoms with van der Waals surface area (Å²) in [5.41, 5.74) is 0.278. The maximum Gasteiger partial charge on any atom is 0.266 e. The zero-order chi connectivity index (χ0) is 27.5. The number of amides is 1. The van der Waals surface area contributed by atoms with Gasteiger partial charge in [0.1, 0.15) is 17.4 Å². The number of rotatable bonds is 5. The molecule has 2 fully saturated rings. The van der Waals surface area contributed by atoms with Crippen LogP contribution in [0.2, 0.25) is 0 Å². The number of allylic oxidation sites excluding steroid dienone is 3. The molecular formula is C29H35ClFN5O3. The molecule has 2 aromatic rings. The van der Waals surface area contributed by atoms with Crippen molar-refractivity contribution in [2.75, 3.05) is 44.7 Å². The molecule has 10 heteroatoms. The second-order valence-corrected chi connectivity index (χ2v) is 11.0. The predicted octanol–water partition coefficient (Wildman–Crippen LogP) is 3.43. The van der Waals surface area contributed by atoms with Gasteiger partial charge in [0.05, 0.1) is 13.0 Å². The van der Waals surface area contributed by atoms with Gasteiger partial charge < -0.3 is 19.9 Å². The molecule has 1 aliphatic carbocycles. The van der Waals surface area contributed by atoms with Gasteiger partial charge in [-0.25, -0.2) is 9.07 Å². The Balaban J connectivity index is 1.34. The van der Waals surface area contributed by atoms with E-state index in [0.717, 1.165) is 24.3 Å². The number of nitrogens with one attached hydrogen (secondary N) is 1. The van der Waals surface area contributed by atoms with Crippen LogP contribution in [0.15, 0.2) is 58.4 Å². The monoisotopic (exact) mass is 555 g/mol. The number of anilines is 1. The van der Waals surface area contributed by atoms with Crippen LogP contribution in [0.3, 0.4) is 0 Å². The van der Waals surface area contributed by atoms with Crippen LogP contribution in [0.25, 0.3) is 0 Å². The molecule has 1 aromatic heterocycles. The minimum absolute atomic E-state index is 0.0232. The highest BCUT2D eigenvalue weighted by Gasteiger charge is 2.42. The number of methoxy groups -OCH3 is 1. The molecule has 4 atom stereocenters. The van der Waals surface area contributed by atoms with Gasteiger partial charge in [-0.1, -0.05) is 29.8 Å². The van der Waals surface area contributed by atoms with Crippen LogP contribution < -0.4 is 20.5 Å². The van der Waals surface area contributed by atoms with Crippen molar-refractivity contribution in [1.29, 1.82) is 0 Å². The van der Waals surface area contributed by atoms with Crippen molar-refractivity contribution >= 4 is 23.3 Å². The molecule has 1 aromatic carbocycles. The van der Waals surface area contributed by atoms with E-state index in [1.54, 1.807) is 25.2 Å². The molecule has 1 unspecified atom stereocenters. The molecule has 1 N–H and O–H groups in total. The first kappa shape index (κ1) is 27.4. The van der Waals surface area contributed by atoms with Crippen LogP contribution in [0.1, 0.15) is 30.7 Å². The summed E-state index contributed by atoms with van der Waals surface area (Å²) >= 11 is 6.10. The smallest absolute Gasteiger partial charge is 0.266 e. The van der Waals surface area contributed by atoms with Crippen LogP contribution in [-0.4, -0.2) is 66.5 Å². The normalized spacial score (nSPS) is 25.7. The van der Waals surface area contributed by atoms with Crippen molar-refractivity contribution in [3.05, 3.63) is 75.3 Å². The first-order chi connectivity index (χ1) is 18.8.